The normalized spacial score (nSPS) is 14.4. The first-order valence-electron chi connectivity index (χ1n) is 5.72. The Bertz CT molecular complexity index is 496. The van der Waals surface area contributed by atoms with Crippen molar-refractivity contribution < 1.29 is 14.7 Å². The van der Waals surface area contributed by atoms with Crippen molar-refractivity contribution in [2.45, 2.75) is 19.3 Å². The van der Waals surface area contributed by atoms with Gasteiger partial charge < -0.3 is 10.0 Å². The molecule has 1 amide bonds. The van der Waals surface area contributed by atoms with E-state index in [-0.39, 0.29) is 12.3 Å². The number of thiazole rings is 1. The van der Waals surface area contributed by atoms with Crippen LogP contribution in [0.25, 0.3) is 0 Å². The van der Waals surface area contributed by atoms with Crippen LogP contribution in [0.2, 0.25) is 0 Å². The summed E-state index contributed by atoms with van der Waals surface area (Å²) < 4.78 is 0. The van der Waals surface area contributed by atoms with Crippen LogP contribution in [0.1, 0.15) is 26.8 Å². The van der Waals surface area contributed by atoms with Gasteiger partial charge in [-0.15, -0.1) is 17.9 Å². The average molecular weight is 266 g/mol. The van der Waals surface area contributed by atoms with Crippen molar-refractivity contribution in [3.05, 3.63) is 28.2 Å². The number of carbonyl (C=O) groups is 2. The van der Waals surface area contributed by atoms with Crippen LogP contribution in [0, 0.1) is 0 Å². The Morgan fingerprint density at radius 3 is 3.06 bits per heavy atom. The zero-order valence-electron chi connectivity index (χ0n) is 9.89. The first kappa shape index (κ1) is 12.8. The van der Waals surface area contributed by atoms with E-state index in [0.717, 1.165) is 17.1 Å². The van der Waals surface area contributed by atoms with E-state index in [9.17, 15) is 9.59 Å². The summed E-state index contributed by atoms with van der Waals surface area (Å²) >= 11 is 1.32. The fraction of sp³-hybridized carbons (Fsp3) is 0.417. The van der Waals surface area contributed by atoms with Crippen LogP contribution in [-0.2, 0) is 17.6 Å². The maximum absolute atomic E-state index is 12.1. The highest BCUT2D eigenvalue weighted by atomic mass is 32.1. The highest BCUT2D eigenvalue weighted by molar-refractivity contribution is 7.13. The molecule has 0 bridgehead atoms. The number of hydrogen-bond donors (Lipinski definition) is 1. The lowest BCUT2D eigenvalue weighted by Gasteiger charge is -2.24. The number of carbonyl (C=O) groups excluding carboxylic acids is 1. The Morgan fingerprint density at radius 2 is 2.39 bits per heavy atom. The molecular formula is C12H14N2O3S. The molecule has 5 nitrogen and oxygen atoms in total. The molecule has 0 atom stereocenters. The van der Waals surface area contributed by atoms with E-state index in [0.29, 0.717) is 24.4 Å². The highest BCUT2D eigenvalue weighted by Gasteiger charge is 2.27. The second-order valence-corrected chi connectivity index (χ2v) is 5.15. The molecule has 2 rings (SSSR count). The van der Waals surface area contributed by atoms with Gasteiger partial charge in [-0.3, -0.25) is 9.59 Å². The summed E-state index contributed by atoms with van der Waals surface area (Å²) in [5, 5.41) is 9.36. The van der Waals surface area contributed by atoms with E-state index >= 15 is 0 Å². The van der Waals surface area contributed by atoms with Crippen LogP contribution in [0.3, 0.4) is 0 Å². The average Bonchev–Trinajstić information content (AvgIpc) is 2.74. The minimum Gasteiger partial charge on any atom is -0.481 e. The van der Waals surface area contributed by atoms with Crippen LogP contribution < -0.4 is 0 Å². The van der Waals surface area contributed by atoms with E-state index in [2.05, 4.69) is 11.6 Å². The Kier molecular flexibility index (Phi) is 3.76. The van der Waals surface area contributed by atoms with Gasteiger partial charge in [0.25, 0.3) is 5.91 Å². The van der Waals surface area contributed by atoms with Gasteiger partial charge in [0.1, 0.15) is 4.88 Å². The molecule has 1 aliphatic heterocycles. The predicted octanol–water partition coefficient (Wildman–Crippen LogP) is 1.34. The van der Waals surface area contributed by atoms with Gasteiger partial charge in [-0.1, -0.05) is 6.08 Å². The summed E-state index contributed by atoms with van der Waals surface area (Å²) in [6.45, 7) is 4.82. The Morgan fingerprint density at radius 1 is 1.61 bits per heavy atom. The summed E-state index contributed by atoms with van der Waals surface area (Å²) in [5.74, 6) is -0.863. The van der Waals surface area contributed by atoms with Gasteiger partial charge in [0, 0.05) is 25.9 Å². The van der Waals surface area contributed by atoms with Crippen molar-refractivity contribution >= 4 is 23.2 Å². The Hall–Kier alpha value is -1.69. The van der Waals surface area contributed by atoms with Crippen molar-refractivity contribution in [3.63, 3.8) is 0 Å². The summed E-state index contributed by atoms with van der Waals surface area (Å²) in [7, 11) is 0. The molecular weight excluding hydrogens is 252 g/mol. The summed E-state index contributed by atoms with van der Waals surface area (Å²) in [4.78, 5) is 29.3. The standard InChI is InChI=1S/C12H14N2O3S/c1-2-6-14-7-5-8-11(12(14)17)18-9(13-8)3-4-10(15)16/h2H,1,3-7H2,(H,15,16). The predicted molar refractivity (Wildman–Crippen MR) is 67.9 cm³/mol. The van der Waals surface area contributed by atoms with E-state index in [1.807, 2.05) is 0 Å². The molecule has 0 aromatic carbocycles. The SMILES string of the molecule is C=CCN1CCc2nc(CCC(=O)O)sc2C1=O. The maximum Gasteiger partial charge on any atom is 0.303 e. The van der Waals surface area contributed by atoms with Crippen molar-refractivity contribution in [2.75, 3.05) is 13.1 Å². The zero-order valence-corrected chi connectivity index (χ0v) is 10.7. The molecule has 6 heteroatoms. The van der Waals surface area contributed by atoms with Crippen LogP contribution in [0.4, 0.5) is 0 Å². The molecule has 96 valence electrons. The molecule has 0 spiro atoms. The summed E-state index contributed by atoms with van der Waals surface area (Å²) in [6, 6.07) is 0. The minimum atomic E-state index is -0.845. The second kappa shape index (κ2) is 5.30. The quantitative estimate of drug-likeness (QED) is 0.817. The zero-order chi connectivity index (χ0) is 13.1. The van der Waals surface area contributed by atoms with E-state index in [1.165, 1.54) is 11.3 Å². The number of fused-ring (bicyclic) bond motifs is 1. The van der Waals surface area contributed by atoms with Crippen molar-refractivity contribution in [1.29, 1.82) is 0 Å². The fourth-order valence-electron chi connectivity index (χ4n) is 1.87. The number of rotatable bonds is 5. The topological polar surface area (TPSA) is 70.5 Å². The number of carboxylic acids is 1. The number of amides is 1. The lowest BCUT2D eigenvalue weighted by Crippen LogP contribution is -2.36. The largest absolute Gasteiger partial charge is 0.481 e. The van der Waals surface area contributed by atoms with Gasteiger partial charge in [0.05, 0.1) is 17.1 Å². The molecule has 1 aliphatic rings. The first-order chi connectivity index (χ1) is 8.61. The molecule has 1 N–H and O–H groups in total. The number of carboxylic acid groups (broad SMARTS) is 1. The molecule has 2 heterocycles. The van der Waals surface area contributed by atoms with Gasteiger partial charge in [-0.05, 0) is 0 Å². The summed E-state index contributed by atoms with van der Waals surface area (Å²) in [6.07, 6.45) is 2.88. The molecule has 0 saturated carbocycles. The van der Waals surface area contributed by atoms with E-state index in [1.54, 1.807) is 11.0 Å². The smallest absolute Gasteiger partial charge is 0.303 e. The lowest BCUT2D eigenvalue weighted by molar-refractivity contribution is -0.136. The molecule has 0 aliphatic carbocycles. The maximum atomic E-state index is 12.1. The molecule has 0 unspecified atom stereocenters. The number of aryl methyl sites for hydroxylation is 1. The molecule has 0 fully saturated rings. The molecule has 0 radical (unpaired) electrons. The number of nitrogens with zero attached hydrogens (tertiary/aromatic N) is 2. The van der Waals surface area contributed by atoms with Crippen LogP contribution in [0.5, 0.6) is 0 Å². The highest BCUT2D eigenvalue weighted by Crippen LogP contribution is 2.25. The van der Waals surface area contributed by atoms with E-state index in [4.69, 9.17) is 5.11 Å². The third kappa shape index (κ3) is 2.59. The molecule has 0 saturated heterocycles. The number of hydrogen-bond acceptors (Lipinski definition) is 4. The van der Waals surface area contributed by atoms with E-state index < -0.39 is 5.97 Å². The fourth-order valence-corrected chi connectivity index (χ4v) is 2.95. The first-order valence-corrected chi connectivity index (χ1v) is 6.54. The second-order valence-electron chi connectivity index (χ2n) is 4.07. The van der Waals surface area contributed by atoms with Crippen molar-refractivity contribution in [2.24, 2.45) is 0 Å². The van der Waals surface area contributed by atoms with Gasteiger partial charge in [-0.25, -0.2) is 4.98 Å². The van der Waals surface area contributed by atoms with Gasteiger partial charge in [0.15, 0.2) is 0 Å². The third-order valence-corrected chi connectivity index (χ3v) is 3.89. The number of aliphatic carboxylic acids is 1. The van der Waals surface area contributed by atoms with Gasteiger partial charge in [-0.2, -0.15) is 0 Å². The monoisotopic (exact) mass is 266 g/mol. The minimum absolute atomic E-state index is 0.0183. The molecule has 1 aromatic heterocycles. The number of aromatic nitrogens is 1. The lowest BCUT2D eigenvalue weighted by atomic mass is 10.1. The van der Waals surface area contributed by atoms with Crippen molar-refractivity contribution in [1.82, 2.24) is 9.88 Å². The third-order valence-electron chi connectivity index (χ3n) is 2.74. The van der Waals surface area contributed by atoms with Crippen LogP contribution in [0.15, 0.2) is 12.7 Å². The molecule has 18 heavy (non-hydrogen) atoms. The van der Waals surface area contributed by atoms with Crippen molar-refractivity contribution in [3.8, 4) is 0 Å². The van der Waals surface area contributed by atoms with Crippen LogP contribution in [-0.4, -0.2) is 40.0 Å². The Labute approximate surface area is 109 Å². The molecule has 1 aromatic rings. The van der Waals surface area contributed by atoms with Gasteiger partial charge in [0.2, 0.25) is 0 Å². The van der Waals surface area contributed by atoms with Gasteiger partial charge >= 0.3 is 5.97 Å². The Balaban J connectivity index is 2.14. The summed E-state index contributed by atoms with van der Waals surface area (Å²) in [5.41, 5.74) is 0.811. The van der Waals surface area contributed by atoms with Crippen LogP contribution >= 0.6 is 11.3 Å².